The van der Waals surface area contributed by atoms with Gasteiger partial charge in [0.15, 0.2) is 0 Å². The van der Waals surface area contributed by atoms with Gasteiger partial charge < -0.3 is 5.32 Å². The predicted molar refractivity (Wildman–Crippen MR) is 75.4 cm³/mol. The van der Waals surface area contributed by atoms with Crippen LogP contribution in [0, 0.1) is 6.92 Å². The minimum atomic E-state index is -3.39. The van der Waals surface area contributed by atoms with Gasteiger partial charge in [-0.1, -0.05) is 19.9 Å². The quantitative estimate of drug-likeness (QED) is 0.835. The van der Waals surface area contributed by atoms with Crippen LogP contribution in [0.3, 0.4) is 0 Å². The van der Waals surface area contributed by atoms with Crippen LogP contribution in [0.5, 0.6) is 0 Å². The SMILES string of the molecule is CCC(CC)Nc1ccc(C)c(S(=O)(=O)NC)c1. The highest BCUT2D eigenvalue weighted by molar-refractivity contribution is 7.89. The van der Waals surface area contributed by atoms with Crippen molar-refractivity contribution in [3.05, 3.63) is 23.8 Å². The van der Waals surface area contributed by atoms with Gasteiger partial charge in [-0.2, -0.15) is 0 Å². The first-order valence-corrected chi connectivity index (χ1v) is 7.73. The van der Waals surface area contributed by atoms with Crippen molar-refractivity contribution in [2.75, 3.05) is 12.4 Å². The van der Waals surface area contributed by atoms with Crippen LogP contribution in [0.25, 0.3) is 0 Å². The molecule has 0 saturated carbocycles. The molecule has 0 aliphatic rings. The lowest BCUT2D eigenvalue weighted by Crippen LogP contribution is -2.21. The summed E-state index contributed by atoms with van der Waals surface area (Å²) in [6.07, 6.45) is 2.02. The van der Waals surface area contributed by atoms with Gasteiger partial charge in [-0.3, -0.25) is 0 Å². The maximum absolute atomic E-state index is 11.9. The van der Waals surface area contributed by atoms with E-state index in [4.69, 9.17) is 0 Å². The summed E-state index contributed by atoms with van der Waals surface area (Å²) in [5.41, 5.74) is 1.60. The summed E-state index contributed by atoms with van der Waals surface area (Å²) in [6, 6.07) is 5.81. The number of benzene rings is 1. The summed E-state index contributed by atoms with van der Waals surface area (Å²) in [5, 5.41) is 3.35. The van der Waals surface area contributed by atoms with Crippen LogP contribution in [-0.4, -0.2) is 21.5 Å². The molecule has 0 bridgehead atoms. The van der Waals surface area contributed by atoms with Crippen molar-refractivity contribution in [1.29, 1.82) is 0 Å². The second-order valence-electron chi connectivity index (χ2n) is 4.35. The highest BCUT2D eigenvalue weighted by Crippen LogP contribution is 2.21. The van der Waals surface area contributed by atoms with Gasteiger partial charge >= 0.3 is 0 Å². The Morgan fingerprint density at radius 1 is 1.22 bits per heavy atom. The average molecular weight is 270 g/mol. The fourth-order valence-electron chi connectivity index (χ4n) is 1.82. The summed E-state index contributed by atoms with van der Waals surface area (Å²) in [7, 11) is -1.96. The van der Waals surface area contributed by atoms with Crippen LogP contribution in [0.1, 0.15) is 32.3 Å². The van der Waals surface area contributed by atoms with E-state index < -0.39 is 10.0 Å². The van der Waals surface area contributed by atoms with E-state index in [1.54, 1.807) is 13.0 Å². The molecule has 4 nitrogen and oxygen atoms in total. The second-order valence-corrected chi connectivity index (χ2v) is 6.20. The van der Waals surface area contributed by atoms with Gasteiger partial charge in [-0.15, -0.1) is 0 Å². The van der Waals surface area contributed by atoms with Gasteiger partial charge in [0.25, 0.3) is 0 Å². The molecular formula is C13H22N2O2S. The third-order valence-corrected chi connectivity index (χ3v) is 4.66. The van der Waals surface area contributed by atoms with Crippen LogP contribution in [-0.2, 0) is 10.0 Å². The van der Waals surface area contributed by atoms with E-state index in [1.807, 2.05) is 12.1 Å². The molecule has 0 radical (unpaired) electrons. The zero-order valence-corrected chi connectivity index (χ0v) is 12.3. The molecule has 2 N–H and O–H groups in total. The summed E-state index contributed by atoms with van der Waals surface area (Å²) in [4.78, 5) is 0.334. The molecule has 0 aromatic heterocycles. The largest absolute Gasteiger partial charge is 0.382 e. The van der Waals surface area contributed by atoms with E-state index in [9.17, 15) is 8.42 Å². The zero-order valence-electron chi connectivity index (χ0n) is 11.4. The molecule has 0 spiro atoms. The van der Waals surface area contributed by atoms with E-state index in [1.165, 1.54) is 7.05 Å². The fraction of sp³-hybridized carbons (Fsp3) is 0.538. The maximum Gasteiger partial charge on any atom is 0.240 e. The number of nitrogens with one attached hydrogen (secondary N) is 2. The molecule has 18 heavy (non-hydrogen) atoms. The summed E-state index contributed by atoms with van der Waals surface area (Å²) >= 11 is 0. The van der Waals surface area contributed by atoms with Crippen molar-refractivity contribution in [1.82, 2.24) is 4.72 Å². The van der Waals surface area contributed by atoms with Crippen molar-refractivity contribution >= 4 is 15.7 Å². The summed E-state index contributed by atoms with van der Waals surface area (Å²) in [5.74, 6) is 0. The normalized spacial score (nSPS) is 11.8. The molecular weight excluding hydrogens is 248 g/mol. The lowest BCUT2D eigenvalue weighted by atomic mass is 10.1. The van der Waals surface area contributed by atoms with Crippen LogP contribution >= 0.6 is 0 Å². The Bertz CT molecular complexity index is 494. The minimum Gasteiger partial charge on any atom is -0.382 e. The number of hydrogen-bond donors (Lipinski definition) is 2. The topological polar surface area (TPSA) is 58.2 Å². The van der Waals surface area contributed by atoms with E-state index in [-0.39, 0.29) is 0 Å². The zero-order chi connectivity index (χ0) is 13.8. The molecule has 0 aliphatic heterocycles. The van der Waals surface area contributed by atoms with Crippen molar-refractivity contribution in [3.63, 3.8) is 0 Å². The van der Waals surface area contributed by atoms with Crippen molar-refractivity contribution in [2.24, 2.45) is 0 Å². The first-order valence-electron chi connectivity index (χ1n) is 6.25. The smallest absolute Gasteiger partial charge is 0.240 e. The van der Waals surface area contributed by atoms with Gasteiger partial charge in [0.2, 0.25) is 10.0 Å². The number of rotatable bonds is 6. The number of hydrogen-bond acceptors (Lipinski definition) is 3. The lowest BCUT2D eigenvalue weighted by Gasteiger charge is -2.17. The van der Waals surface area contributed by atoms with E-state index in [0.29, 0.717) is 10.9 Å². The monoisotopic (exact) mass is 270 g/mol. The highest BCUT2D eigenvalue weighted by atomic mass is 32.2. The van der Waals surface area contributed by atoms with Gasteiger partial charge in [0, 0.05) is 11.7 Å². The second kappa shape index (κ2) is 6.20. The Morgan fingerprint density at radius 3 is 2.33 bits per heavy atom. The van der Waals surface area contributed by atoms with Gasteiger partial charge in [-0.25, -0.2) is 13.1 Å². The Morgan fingerprint density at radius 2 is 1.83 bits per heavy atom. The summed E-state index contributed by atoms with van der Waals surface area (Å²) in [6.45, 7) is 6.02. The van der Waals surface area contributed by atoms with Crippen LogP contribution in [0.2, 0.25) is 0 Å². The van der Waals surface area contributed by atoms with Crippen LogP contribution < -0.4 is 10.0 Å². The van der Waals surface area contributed by atoms with Crippen LogP contribution in [0.4, 0.5) is 5.69 Å². The van der Waals surface area contributed by atoms with Crippen LogP contribution in [0.15, 0.2) is 23.1 Å². The van der Waals surface area contributed by atoms with Crippen molar-refractivity contribution in [2.45, 2.75) is 44.6 Å². The molecule has 102 valence electrons. The fourth-order valence-corrected chi connectivity index (χ4v) is 2.81. The van der Waals surface area contributed by atoms with E-state index >= 15 is 0 Å². The molecule has 0 aliphatic carbocycles. The molecule has 1 rings (SSSR count). The molecule has 0 heterocycles. The summed E-state index contributed by atoms with van der Waals surface area (Å²) < 4.78 is 26.1. The molecule has 0 atom stereocenters. The van der Waals surface area contributed by atoms with Gasteiger partial charge in [0.1, 0.15) is 0 Å². The minimum absolute atomic E-state index is 0.334. The van der Waals surface area contributed by atoms with E-state index in [0.717, 1.165) is 24.1 Å². The average Bonchev–Trinajstić information content (AvgIpc) is 2.37. The first kappa shape index (κ1) is 15.0. The molecule has 0 amide bonds. The Hall–Kier alpha value is -1.07. The Balaban J connectivity index is 3.09. The van der Waals surface area contributed by atoms with E-state index in [2.05, 4.69) is 23.9 Å². The standard InChI is InChI=1S/C13H22N2O2S/c1-5-11(6-2)15-12-8-7-10(3)13(9-12)18(16,17)14-4/h7-9,11,14-15H,5-6H2,1-4H3. The predicted octanol–water partition coefficient (Wildman–Crippen LogP) is 2.50. The lowest BCUT2D eigenvalue weighted by molar-refractivity contribution is 0.587. The highest BCUT2D eigenvalue weighted by Gasteiger charge is 2.15. The molecule has 0 fully saturated rings. The molecule has 0 unspecified atom stereocenters. The Kier molecular flexibility index (Phi) is 5.16. The number of sulfonamides is 1. The molecule has 1 aromatic rings. The first-order chi connectivity index (χ1) is 8.44. The Labute approximate surface area is 110 Å². The van der Waals surface area contributed by atoms with Crippen molar-refractivity contribution in [3.8, 4) is 0 Å². The third-order valence-electron chi connectivity index (χ3n) is 3.10. The molecule has 5 heteroatoms. The third kappa shape index (κ3) is 3.46. The maximum atomic E-state index is 11.9. The van der Waals surface area contributed by atoms with Gasteiger partial charge in [0.05, 0.1) is 4.90 Å². The number of anilines is 1. The molecule has 1 aromatic carbocycles. The molecule has 0 saturated heterocycles. The van der Waals surface area contributed by atoms with Gasteiger partial charge in [-0.05, 0) is 44.5 Å². The number of aryl methyl sites for hydroxylation is 1. The van der Waals surface area contributed by atoms with Crippen molar-refractivity contribution < 1.29 is 8.42 Å².